The molecule has 0 N–H and O–H groups in total. The van der Waals surface area contributed by atoms with Crippen LogP contribution in [0.4, 0.5) is 13.2 Å². The van der Waals surface area contributed by atoms with Gasteiger partial charge in [-0.3, -0.25) is 0 Å². The summed E-state index contributed by atoms with van der Waals surface area (Å²) in [6.45, 7) is 4.25. The highest BCUT2D eigenvalue weighted by atomic mass is 19.2. The summed E-state index contributed by atoms with van der Waals surface area (Å²) in [5.41, 5.74) is 0.513. The van der Waals surface area contributed by atoms with E-state index < -0.39 is 23.2 Å². The molecule has 1 atom stereocenters. The van der Waals surface area contributed by atoms with Crippen LogP contribution in [0.3, 0.4) is 0 Å². The van der Waals surface area contributed by atoms with E-state index in [-0.39, 0.29) is 0 Å². The fraction of sp³-hybridized carbons (Fsp3) is 0.760. The Morgan fingerprint density at radius 2 is 1.23 bits per heavy atom. The summed E-state index contributed by atoms with van der Waals surface area (Å²) in [5.74, 6) is -3.83. The molecule has 0 spiro atoms. The average Bonchev–Trinajstić information content (AvgIpc) is 2.74. The summed E-state index contributed by atoms with van der Waals surface area (Å²) in [6.07, 6.45) is 14.2. The van der Waals surface area contributed by atoms with Gasteiger partial charge >= 0.3 is 0 Å². The SMILES string of the molecule is CCCCCCCCC(CCCCCCc1cc(F)c(F)c(F)c1)C(C)(OC)OC. The van der Waals surface area contributed by atoms with Gasteiger partial charge in [-0.2, -0.15) is 0 Å². The van der Waals surface area contributed by atoms with E-state index in [0.29, 0.717) is 17.9 Å². The first-order valence-corrected chi connectivity index (χ1v) is 11.6. The van der Waals surface area contributed by atoms with Gasteiger partial charge in [0.2, 0.25) is 0 Å². The second kappa shape index (κ2) is 14.9. The van der Waals surface area contributed by atoms with E-state index in [1.807, 2.05) is 6.92 Å². The number of methoxy groups -OCH3 is 2. The molecule has 1 unspecified atom stereocenters. The lowest BCUT2D eigenvalue weighted by atomic mass is 9.87. The second-order valence-electron chi connectivity index (χ2n) is 8.50. The lowest BCUT2D eigenvalue weighted by Crippen LogP contribution is -2.39. The third-order valence-electron chi connectivity index (χ3n) is 6.27. The fourth-order valence-electron chi connectivity index (χ4n) is 4.08. The first kappa shape index (κ1) is 27.0. The molecular weight excluding hydrogens is 389 g/mol. The van der Waals surface area contributed by atoms with E-state index in [4.69, 9.17) is 9.47 Å². The highest BCUT2D eigenvalue weighted by Crippen LogP contribution is 2.32. The van der Waals surface area contributed by atoms with Crippen molar-refractivity contribution in [3.05, 3.63) is 35.1 Å². The zero-order valence-electron chi connectivity index (χ0n) is 19.4. The maximum atomic E-state index is 13.3. The second-order valence-corrected chi connectivity index (χ2v) is 8.50. The minimum Gasteiger partial charge on any atom is -0.353 e. The van der Waals surface area contributed by atoms with Gasteiger partial charge < -0.3 is 9.47 Å². The van der Waals surface area contributed by atoms with E-state index in [1.54, 1.807) is 14.2 Å². The van der Waals surface area contributed by atoms with Crippen LogP contribution >= 0.6 is 0 Å². The van der Waals surface area contributed by atoms with Gasteiger partial charge in [0.1, 0.15) is 0 Å². The van der Waals surface area contributed by atoms with Crippen molar-refractivity contribution in [2.75, 3.05) is 14.2 Å². The van der Waals surface area contributed by atoms with E-state index >= 15 is 0 Å². The Morgan fingerprint density at radius 3 is 1.73 bits per heavy atom. The van der Waals surface area contributed by atoms with Crippen LogP contribution in [0.5, 0.6) is 0 Å². The van der Waals surface area contributed by atoms with Gasteiger partial charge in [0.05, 0.1) is 0 Å². The van der Waals surface area contributed by atoms with Crippen LogP contribution in [-0.2, 0) is 15.9 Å². The number of rotatable bonds is 17. The van der Waals surface area contributed by atoms with E-state index in [0.717, 1.165) is 50.7 Å². The summed E-state index contributed by atoms with van der Waals surface area (Å²) >= 11 is 0. The number of ether oxygens (including phenoxy) is 2. The lowest BCUT2D eigenvalue weighted by Gasteiger charge is -2.35. The molecule has 0 saturated heterocycles. The summed E-state index contributed by atoms with van der Waals surface area (Å²) in [5, 5.41) is 0. The quantitative estimate of drug-likeness (QED) is 0.142. The van der Waals surface area contributed by atoms with Crippen molar-refractivity contribution >= 4 is 0 Å². The zero-order chi connectivity index (χ0) is 22.4. The van der Waals surface area contributed by atoms with Crippen LogP contribution in [0, 0.1) is 23.4 Å². The van der Waals surface area contributed by atoms with E-state index in [2.05, 4.69) is 6.92 Å². The number of benzene rings is 1. The molecule has 0 saturated carbocycles. The molecule has 174 valence electrons. The number of aryl methyl sites for hydroxylation is 1. The van der Waals surface area contributed by atoms with Crippen LogP contribution in [0.1, 0.15) is 96.5 Å². The van der Waals surface area contributed by atoms with Crippen molar-refractivity contribution in [2.45, 2.75) is 103 Å². The first-order valence-electron chi connectivity index (χ1n) is 11.6. The summed E-state index contributed by atoms with van der Waals surface area (Å²) in [7, 11) is 3.41. The normalized spacial score (nSPS) is 13.0. The van der Waals surface area contributed by atoms with Crippen LogP contribution in [0.25, 0.3) is 0 Å². The molecule has 1 aromatic rings. The molecule has 1 aromatic carbocycles. The molecule has 5 heteroatoms. The molecule has 0 aliphatic carbocycles. The topological polar surface area (TPSA) is 18.5 Å². The molecule has 0 amide bonds. The monoisotopic (exact) mass is 430 g/mol. The van der Waals surface area contributed by atoms with Crippen LogP contribution < -0.4 is 0 Å². The Balaban J connectivity index is 2.36. The zero-order valence-corrected chi connectivity index (χ0v) is 19.4. The first-order chi connectivity index (χ1) is 14.4. The van der Waals surface area contributed by atoms with E-state index in [9.17, 15) is 13.2 Å². The van der Waals surface area contributed by atoms with Gasteiger partial charge in [0, 0.05) is 20.1 Å². The van der Waals surface area contributed by atoms with Crippen molar-refractivity contribution in [2.24, 2.45) is 5.92 Å². The molecule has 0 aliphatic heterocycles. The number of hydrogen-bond acceptors (Lipinski definition) is 2. The third-order valence-corrected chi connectivity index (χ3v) is 6.27. The highest BCUT2D eigenvalue weighted by Gasteiger charge is 2.33. The average molecular weight is 431 g/mol. The van der Waals surface area contributed by atoms with Gasteiger partial charge in [-0.05, 0) is 50.3 Å². The Hall–Kier alpha value is -1.07. The van der Waals surface area contributed by atoms with Crippen LogP contribution in [0.2, 0.25) is 0 Å². The molecule has 30 heavy (non-hydrogen) atoms. The van der Waals surface area contributed by atoms with Crippen molar-refractivity contribution in [1.29, 1.82) is 0 Å². The molecule has 0 bridgehead atoms. The van der Waals surface area contributed by atoms with Crippen molar-refractivity contribution < 1.29 is 22.6 Å². The largest absolute Gasteiger partial charge is 0.353 e. The third kappa shape index (κ3) is 9.38. The summed E-state index contributed by atoms with van der Waals surface area (Å²) in [6, 6.07) is 2.19. The number of halogens is 3. The van der Waals surface area contributed by atoms with Gasteiger partial charge in [0.15, 0.2) is 23.2 Å². The predicted octanol–water partition coefficient (Wildman–Crippen LogP) is 7.97. The van der Waals surface area contributed by atoms with Crippen LogP contribution in [-0.4, -0.2) is 20.0 Å². The van der Waals surface area contributed by atoms with Gasteiger partial charge in [-0.15, -0.1) is 0 Å². The predicted molar refractivity (Wildman–Crippen MR) is 117 cm³/mol. The number of hydrogen-bond donors (Lipinski definition) is 0. The Kier molecular flexibility index (Phi) is 13.3. The summed E-state index contributed by atoms with van der Waals surface area (Å²) < 4.78 is 51.0. The van der Waals surface area contributed by atoms with Gasteiger partial charge in [0.25, 0.3) is 0 Å². The Bertz CT molecular complexity index is 565. The number of unbranched alkanes of at least 4 members (excludes halogenated alkanes) is 8. The van der Waals surface area contributed by atoms with Crippen molar-refractivity contribution in [3.8, 4) is 0 Å². The maximum absolute atomic E-state index is 13.3. The molecule has 1 rings (SSSR count). The van der Waals surface area contributed by atoms with Gasteiger partial charge in [-0.25, -0.2) is 13.2 Å². The smallest absolute Gasteiger partial charge is 0.194 e. The minimum absolute atomic E-state index is 0.346. The molecule has 0 radical (unpaired) electrons. The van der Waals surface area contributed by atoms with E-state index in [1.165, 1.54) is 38.5 Å². The maximum Gasteiger partial charge on any atom is 0.194 e. The minimum atomic E-state index is -1.39. The summed E-state index contributed by atoms with van der Waals surface area (Å²) in [4.78, 5) is 0. The molecule has 0 aliphatic rings. The molecule has 0 aromatic heterocycles. The van der Waals surface area contributed by atoms with Gasteiger partial charge in [-0.1, -0.05) is 64.7 Å². The Labute approximate surface area is 181 Å². The molecular formula is C25H41F3O2. The van der Waals surface area contributed by atoms with Crippen LogP contribution in [0.15, 0.2) is 12.1 Å². The standard InChI is InChI=1S/C25H41F3O2/c1-5-6-7-8-9-13-16-21(25(2,29-3)30-4)17-14-11-10-12-15-20-18-22(26)24(28)23(27)19-20/h18-19,21H,5-17H2,1-4H3. The molecule has 2 nitrogen and oxygen atoms in total. The fourth-order valence-corrected chi connectivity index (χ4v) is 4.08. The molecule has 0 heterocycles. The lowest BCUT2D eigenvalue weighted by molar-refractivity contribution is -0.230. The Morgan fingerprint density at radius 1 is 0.767 bits per heavy atom. The highest BCUT2D eigenvalue weighted by molar-refractivity contribution is 5.19. The van der Waals surface area contributed by atoms with Crippen molar-refractivity contribution in [3.63, 3.8) is 0 Å². The van der Waals surface area contributed by atoms with Crippen molar-refractivity contribution in [1.82, 2.24) is 0 Å². The molecule has 0 fully saturated rings.